The summed E-state index contributed by atoms with van der Waals surface area (Å²) in [6.45, 7) is 5.53. The lowest BCUT2D eigenvalue weighted by molar-refractivity contribution is 0.0527. The van der Waals surface area contributed by atoms with Crippen molar-refractivity contribution < 1.29 is 18.3 Å². The van der Waals surface area contributed by atoms with Crippen LogP contribution in [0.25, 0.3) is 16.6 Å². The van der Waals surface area contributed by atoms with Crippen molar-refractivity contribution in [1.82, 2.24) is 14.9 Å². The van der Waals surface area contributed by atoms with E-state index in [-0.39, 0.29) is 34.9 Å². The standard InChI is InChI=1S/C22H22ClF2N3O3/c1-22(2,3)31-21(30)26-9-5-8-18-27-17-7-4-6-16(23)19(17)20(29)28(18)15-11-13(24)10-14(25)12-15/h4,6-7,10-12H,5,8-9H2,1-3H3,(H,26,30). The van der Waals surface area contributed by atoms with Gasteiger partial charge in [0, 0.05) is 19.0 Å². The van der Waals surface area contributed by atoms with E-state index < -0.39 is 28.9 Å². The zero-order chi connectivity index (χ0) is 22.8. The molecule has 1 aromatic heterocycles. The van der Waals surface area contributed by atoms with E-state index in [1.54, 1.807) is 39.0 Å². The van der Waals surface area contributed by atoms with Gasteiger partial charge in [-0.25, -0.2) is 18.6 Å². The summed E-state index contributed by atoms with van der Waals surface area (Å²) in [7, 11) is 0. The molecule has 0 spiro atoms. The number of halogens is 3. The Morgan fingerprint density at radius 1 is 1.19 bits per heavy atom. The van der Waals surface area contributed by atoms with Gasteiger partial charge < -0.3 is 10.1 Å². The van der Waals surface area contributed by atoms with E-state index >= 15 is 0 Å². The molecule has 0 unspecified atom stereocenters. The molecule has 2 aromatic carbocycles. The highest BCUT2D eigenvalue weighted by Crippen LogP contribution is 2.21. The molecule has 0 bridgehead atoms. The van der Waals surface area contributed by atoms with Crippen LogP contribution in [0.15, 0.2) is 41.2 Å². The highest BCUT2D eigenvalue weighted by atomic mass is 35.5. The number of ether oxygens (including phenoxy) is 1. The fourth-order valence-corrected chi connectivity index (χ4v) is 3.34. The van der Waals surface area contributed by atoms with Crippen molar-refractivity contribution in [1.29, 1.82) is 0 Å². The SMILES string of the molecule is CC(C)(C)OC(=O)NCCCc1nc2cccc(Cl)c2c(=O)n1-c1cc(F)cc(F)c1. The molecule has 0 aliphatic carbocycles. The molecule has 0 fully saturated rings. The quantitative estimate of drug-likeness (QED) is 0.569. The monoisotopic (exact) mass is 449 g/mol. The summed E-state index contributed by atoms with van der Waals surface area (Å²) in [6, 6.07) is 7.68. The van der Waals surface area contributed by atoms with Gasteiger partial charge >= 0.3 is 6.09 Å². The number of nitrogens with one attached hydrogen (secondary N) is 1. The highest BCUT2D eigenvalue weighted by Gasteiger charge is 2.18. The van der Waals surface area contributed by atoms with Crippen LogP contribution in [0.3, 0.4) is 0 Å². The molecule has 31 heavy (non-hydrogen) atoms. The number of benzene rings is 2. The van der Waals surface area contributed by atoms with E-state index in [1.807, 2.05) is 0 Å². The van der Waals surface area contributed by atoms with E-state index in [4.69, 9.17) is 16.3 Å². The number of alkyl carbamates (subject to hydrolysis) is 1. The summed E-state index contributed by atoms with van der Waals surface area (Å²) in [6.07, 6.45) is 0.108. The van der Waals surface area contributed by atoms with Gasteiger partial charge in [0.25, 0.3) is 5.56 Å². The van der Waals surface area contributed by atoms with Crippen molar-refractivity contribution in [3.05, 3.63) is 69.2 Å². The first-order valence-corrected chi connectivity index (χ1v) is 10.1. The van der Waals surface area contributed by atoms with E-state index in [1.165, 1.54) is 0 Å². The van der Waals surface area contributed by atoms with Gasteiger partial charge in [-0.3, -0.25) is 9.36 Å². The molecule has 0 aliphatic heterocycles. The minimum Gasteiger partial charge on any atom is -0.444 e. The van der Waals surface area contributed by atoms with Crippen molar-refractivity contribution in [2.75, 3.05) is 6.54 Å². The van der Waals surface area contributed by atoms with E-state index in [0.29, 0.717) is 11.9 Å². The topological polar surface area (TPSA) is 73.2 Å². The maximum Gasteiger partial charge on any atom is 0.407 e. The van der Waals surface area contributed by atoms with Gasteiger partial charge in [0.05, 0.1) is 21.6 Å². The first-order chi connectivity index (χ1) is 14.5. The number of rotatable bonds is 5. The molecule has 0 saturated heterocycles. The normalized spacial score (nSPS) is 11.5. The van der Waals surface area contributed by atoms with Crippen LogP contribution in [0.4, 0.5) is 13.6 Å². The average Bonchev–Trinajstić information content (AvgIpc) is 2.63. The van der Waals surface area contributed by atoms with Crippen LogP contribution in [0.1, 0.15) is 33.0 Å². The third-order valence-electron chi connectivity index (χ3n) is 4.27. The molecule has 1 amide bonds. The van der Waals surface area contributed by atoms with Crippen LogP contribution in [0.2, 0.25) is 5.02 Å². The summed E-state index contributed by atoms with van der Waals surface area (Å²) in [5, 5.41) is 2.98. The summed E-state index contributed by atoms with van der Waals surface area (Å²) < 4.78 is 34.0. The first kappa shape index (κ1) is 22.7. The van der Waals surface area contributed by atoms with E-state index in [2.05, 4.69) is 10.3 Å². The Balaban J connectivity index is 1.94. The lowest BCUT2D eigenvalue weighted by Crippen LogP contribution is -2.33. The Kier molecular flexibility index (Phi) is 6.59. The minimum atomic E-state index is -0.821. The Morgan fingerprint density at radius 3 is 2.52 bits per heavy atom. The molecule has 3 aromatic rings. The molecular weight excluding hydrogens is 428 g/mol. The lowest BCUT2D eigenvalue weighted by Gasteiger charge is -2.19. The zero-order valence-electron chi connectivity index (χ0n) is 17.3. The molecule has 1 heterocycles. The summed E-state index contributed by atoms with van der Waals surface area (Å²) in [5.74, 6) is -1.35. The summed E-state index contributed by atoms with van der Waals surface area (Å²) in [4.78, 5) is 29.5. The van der Waals surface area contributed by atoms with Crippen molar-refractivity contribution in [2.45, 2.75) is 39.2 Å². The van der Waals surface area contributed by atoms with Crippen LogP contribution in [-0.2, 0) is 11.2 Å². The smallest absolute Gasteiger partial charge is 0.407 e. The average molecular weight is 450 g/mol. The zero-order valence-corrected chi connectivity index (χ0v) is 18.1. The number of carbonyl (C=O) groups excluding carboxylic acids is 1. The van der Waals surface area contributed by atoms with Crippen LogP contribution >= 0.6 is 11.6 Å². The molecule has 0 radical (unpaired) electrons. The van der Waals surface area contributed by atoms with Gasteiger partial charge in [-0.1, -0.05) is 17.7 Å². The minimum absolute atomic E-state index is 0.00641. The summed E-state index contributed by atoms with van der Waals surface area (Å²) in [5.41, 5.74) is -0.770. The predicted molar refractivity (Wildman–Crippen MR) is 115 cm³/mol. The molecule has 0 aliphatic rings. The number of nitrogens with zero attached hydrogens (tertiary/aromatic N) is 2. The fourth-order valence-electron chi connectivity index (χ4n) is 3.09. The molecule has 3 rings (SSSR count). The van der Waals surface area contributed by atoms with Crippen LogP contribution in [0, 0.1) is 11.6 Å². The van der Waals surface area contributed by atoms with Gasteiger partial charge in [-0.2, -0.15) is 0 Å². The number of carbonyl (C=O) groups is 1. The second kappa shape index (κ2) is 9.01. The van der Waals surface area contributed by atoms with Crippen molar-refractivity contribution in [2.24, 2.45) is 0 Å². The van der Waals surface area contributed by atoms with Gasteiger partial charge in [0.2, 0.25) is 0 Å². The number of hydrogen-bond donors (Lipinski definition) is 1. The lowest BCUT2D eigenvalue weighted by atomic mass is 10.2. The molecular formula is C22H22ClF2N3O3. The number of fused-ring (bicyclic) bond motifs is 1. The number of hydrogen-bond acceptors (Lipinski definition) is 4. The first-order valence-electron chi connectivity index (χ1n) is 9.68. The van der Waals surface area contributed by atoms with Crippen molar-refractivity contribution in [3.8, 4) is 5.69 Å². The third-order valence-corrected chi connectivity index (χ3v) is 4.58. The van der Waals surface area contributed by atoms with E-state index in [0.717, 1.165) is 22.8 Å². The van der Waals surface area contributed by atoms with Crippen LogP contribution in [-0.4, -0.2) is 27.8 Å². The molecule has 164 valence electrons. The molecule has 0 saturated carbocycles. The fraction of sp³-hybridized carbons (Fsp3) is 0.318. The maximum absolute atomic E-state index is 13.8. The maximum atomic E-state index is 13.8. The van der Waals surface area contributed by atoms with Gasteiger partial charge in [0.1, 0.15) is 23.1 Å². The number of aryl methyl sites for hydroxylation is 1. The Bertz CT molecular complexity index is 1170. The largest absolute Gasteiger partial charge is 0.444 e. The van der Waals surface area contributed by atoms with Gasteiger partial charge in [0.15, 0.2) is 0 Å². The second-order valence-electron chi connectivity index (χ2n) is 7.96. The van der Waals surface area contributed by atoms with Crippen LogP contribution in [0.5, 0.6) is 0 Å². The Morgan fingerprint density at radius 2 is 1.87 bits per heavy atom. The molecule has 6 nitrogen and oxygen atoms in total. The predicted octanol–water partition coefficient (Wildman–Crippen LogP) is 4.77. The molecule has 1 N–H and O–H groups in total. The van der Waals surface area contributed by atoms with Gasteiger partial charge in [-0.05, 0) is 51.5 Å². The van der Waals surface area contributed by atoms with Crippen molar-refractivity contribution in [3.63, 3.8) is 0 Å². The molecule has 0 atom stereocenters. The summed E-state index contributed by atoms with van der Waals surface area (Å²) >= 11 is 6.19. The molecule has 9 heteroatoms. The third kappa shape index (κ3) is 5.58. The number of amides is 1. The second-order valence-corrected chi connectivity index (χ2v) is 8.37. The number of aromatic nitrogens is 2. The van der Waals surface area contributed by atoms with Crippen molar-refractivity contribution >= 4 is 28.6 Å². The van der Waals surface area contributed by atoms with E-state index in [9.17, 15) is 18.4 Å². The highest BCUT2D eigenvalue weighted by molar-refractivity contribution is 6.35. The Labute approximate surface area is 182 Å². The van der Waals surface area contributed by atoms with Crippen LogP contribution < -0.4 is 10.9 Å². The Hall–Kier alpha value is -3.00. The van der Waals surface area contributed by atoms with Gasteiger partial charge in [-0.15, -0.1) is 0 Å².